The number of rotatable bonds is 5. The third-order valence-corrected chi connectivity index (χ3v) is 3.07. The Morgan fingerprint density at radius 2 is 1.60 bits per heavy atom. The first-order valence-electron chi connectivity index (χ1n) is 6.26. The van der Waals surface area contributed by atoms with Crippen LogP contribution in [0.25, 0.3) is 0 Å². The maximum atomic E-state index is 11.7. The van der Waals surface area contributed by atoms with Gasteiger partial charge in [-0.2, -0.15) is 0 Å². The van der Waals surface area contributed by atoms with Crippen LogP contribution in [-0.2, 0) is 11.2 Å². The zero-order valence-corrected chi connectivity index (χ0v) is 11.9. The number of methoxy groups -OCH3 is 1. The lowest BCUT2D eigenvalue weighted by Crippen LogP contribution is -2.08. The molecule has 0 saturated heterocycles. The molecule has 2 aromatic carbocycles. The first-order valence-corrected chi connectivity index (χ1v) is 6.64. The number of aryl methyl sites for hydroxylation is 1. The Morgan fingerprint density at radius 3 is 2.20 bits per heavy atom. The van der Waals surface area contributed by atoms with Crippen LogP contribution in [0, 0.1) is 0 Å². The number of esters is 1. The largest absolute Gasteiger partial charge is 0.497 e. The summed E-state index contributed by atoms with van der Waals surface area (Å²) >= 11 is 5.76. The van der Waals surface area contributed by atoms with Gasteiger partial charge in [0.05, 0.1) is 7.11 Å². The molecular weight excluding hydrogens is 276 g/mol. The molecule has 0 unspecified atom stereocenters. The Labute approximate surface area is 123 Å². The minimum atomic E-state index is -0.261. The second-order valence-corrected chi connectivity index (χ2v) is 4.71. The van der Waals surface area contributed by atoms with Gasteiger partial charge in [-0.3, -0.25) is 4.79 Å². The molecule has 0 aliphatic heterocycles. The van der Waals surface area contributed by atoms with Crippen molar-refractivity contribution in [3.8, 4) is 11.5 Å². The van der Waals surface area contributed by atoms with Crippen LogP contribution in [0.1, 0.15) is 12.0 Å². The highest BCUT2D eigenvalue weighted by Gasteiger charge is 2.05. The van der Waals surface area contributed by atoms with Gasteiger partial charge in [0.1, 0.15) is 11.5 Å². The Hall–Kier alpha value is -2.00. The summed E-state index contributed by atoms with van der Waals surface area (Å²) < 4.78 is 10.3. The van der Waals surface area contributed by atoms with E-state index in [0.29, 0.717) is 23.6 Å². The molecule has 0 atom stereocenters. The minimum Gasteiger partial charge on any atom is -0.497 e. The summed E-state index contributed by atoms with van der Waals surface area (Å²) in [5.74, 6) is 1.05. The highest BCUT2D eigenvalue weighted by atomic mass is 35.5. The fourth-order valence-electron chi connectivity index (χ4n) is 1.72. The Morgan fingerprint density at radius 1 is 1.00 bits per heavy atom. The number of carbonyl (C=O) groups excluding carboxylic acids is 1. The molecule has 0 fully saturated rings. The van der Waals surface area contributed by atoms with Crippen LogP contribution in [0.2, 0.25) is 5.02 Å². The van der Waals surface area contributed by atoms with Crippen molar-refractivity contribution in [3.63, 3.8) is 0 Å². The molecule has 0 aliphatic rings. The Balaban J connectivity index is 1.83. The van der Waals surface area contributed by atoms with E-state index in [1.807, 2.05) is 24.3 Å². The summed E-state index contributed by atoms with van der Waals surface area (Å²) in [5.41, 5.74) is 1.07. The molecule has 20 heavy (non-hydrogen) atoms. The van der Waals surface area contributed by atoms with E-state index < -0.39 is 0 Å². The van der Waals surface area contributed by atoms with E-state index >= 15 is 0 Å². The standard InChI is InChI=1S/C16H15ClO3/c1-19-14-7-2-12(3-8-14)4-11-16(18)20-15-9-5-13(17)6-10-15/h2-3,5-10H,4,11H2,1H3. The molecule has 0 spiro atoms. The van der Waals surface area contributed by atoms with Crippen LogP contribution in [-0.4, -0.2) is 13.1 Å². The molecule has 3 nitrogen and oxygen atoms in total. The lowest BCUT2D eigenvalue weighted by molar-refractivity contribution is -0.134. The van der Waals surface area contributed by atoms with Gasteiger partial charge in [-0.1, -0.05) is 23.7 Å². The monoisotopic (exact) mass is 290 g/mol. The van der Waals surface area contributed by atoms with Crippen molar-refractivity contribution in [2.45, 2.75) is 12.8 Å². The number of hydrogen-bond acceptors (Lipinski definition) is 3. The molecule has 0 radical (unpaired) electrons. The number of ether oxygens (including phenoxy) is 2. The van der Waals surface area contributed by atoms with Crippen molar-refractivity contribution in [1.82, 2.24) is 0 Å². The third-order valence-electron chi connectivity index (χ3n) is 2.82. The van der Waals surface area contributed by atoms with E-state index in [0.717, 1.165) is 11.3 Å². The molecule has 0 heterocycles. The van der Waals surface area contributed by atoms with Crippen molar-refractivity contribution in [2.24, 2.45) is 0 Å². The van der Waals surface area contributed by atoms with Gasteiger partial charge in [0.25, 0.3) is 0 Å². The topological polar surface area (TPSA) is 35.5 Å². The molecule has 0 saturated carbocycles. The summed E-state index contributed by atoms with van der Waals surface area (Å²) in [6.45, 7) is 0. The zero-order chi connectivity index (χ0) is 14.4. The molecule has 104 valence electrons. The second kappa shape index (κ2) is 6.96. The molecule has 0 N–H and O–H groups in total. The minimum absolute atomic E-state index is 0.261. The number of hydrogen-bond donors (Lipinski definition) is 0. The molecule has 2 aromatic rings. The van der Waals surface area contributed by atoms with Crippen molar-refractivity contribution in [2.75, 3.05) is 7.11 Å². The van der Waals surface area contributed by atoms with Crippen molar-refractivity contribution < 1.29 is 14.3 Å². The highest BCUT2D eigenvalue weighted by molar-refractivity contribution is 6.30. The van der Waals surface area contributed by atoms with Crippen LogP contribution >= 0.6 is 11.6 Å². The van der Waals surface area contributed by atoms with Crippen LogP contribution in [0.5, 0.6) is 11.5 Å². The summed E-state index contributed by atoms with van der Waals surface area (Å²) in [6, 6.07) is 14.4. The average molecular weight is 291 g/mol. The molecule has 0 bridgehead atoms. The third kappa shape index (κ3) is 4.28. The quantitative estimate of drug-likeness (QED) is 0.619. The predicted molar refractivity (Wildman–Crippen MR) is 78.4 cm³/mol. The molecule has 2 rings (SSSR count). The Bertz CT molecular complexity index is 561. The summed E-state index contributed by atoms with van der Waals surface area (Å²) in [5, 5.41) is 0.614. The first kappa shape index (κ1) is 14.4. The maximum Gasteiger partial charge on any atom is 0.311 e. The second-order valence-electron chi connectivity index (χ2n) is 4.28. The molecule has 0 amide bonds. The van der Waals surface area contributed by atoms with E-state index in [4.69, 9.17) is 21.1 Å². The summed E-state index contributed by atoms with van der Waals surface area (Å²) in [7, 11) is 1.62. The molecule has 4 heteroatoms. The fourth-order valence-corrected chi connectivity index (χ4v) is 1.85. The van der Waals surface area contributed by atoms with Gasteiger partial charge in [-0.25, -0.2) is 0 Å². The average Bonchev–Trinajstić information content (AvgIpc) is 2.48. The van der Waals surface area contributed by atoms with Gasteiger partial charge < -0.3 is 9.47 Å². The van der Waals surface area contributed by atoms with Crippen LogP contribution in [0.4, 0.5) is 0 Å². The van der Waals surface area contributed by atoms with Crippen molar-refractivity contribution >= 4 is 17.6 Å². The smallest absolute Gasteiger partial charge is 0.311 e. The summed E-state index contributed by atoms with van der Waals surface area (Å²) in [4.78, 5) is 11.7. The van der Waals surface area contributed by atoms with E-state index in [-0.39, 0.29) is 5.97 Å². The van der Waals surface area contributed by atoms with Gasteiger partial charge in [-0.15, -0.1) is 0 Å². The predicted octanol–water partition coefficient (Wildman–Crippen LogP) is 3.89. The van der Waals surface area contributed by atoms with Crippen molar-refractivity contribution in [1.29, 1.82) is 0 Å². The van der Waals surface area contributed by atoms with E-state index in [1.165, 1.54) is 0 Å². The van der Waals surface area contributed by atoms with Gasteiger partial charge >= 0.3 is 5.97 Å². The van der Waals surface area contributed by atoms with Gasteiger partial charge in [0, 0.05) is 11.4 Å². The SMILES string of the molecule is COc1ccc(CCC(=O)Oc2ccc(Cl)cc2)cc1. The normalized spacial score (nSPS) is 10.1. The van der Waals surface area contributed by atoms with E-state index in [2.05, 4.69) is 0 Å². The highest BCUT2D eigenvalue weighted by Crippen LogP contribution is 2.17. The molecular formula is C16H15ClO3. The van der Waals surface area contributed by atoms with E-state index in [1.54, 1.807) is 31.4 Å². The van der Waals surface area contributed by atoms with Crippen molar-refractivity contribution in [3.05, 3.63) is 59.1 Å². The van der Waals surface area contributed by atoms with Gasteiger partial charge in [0.15, 0.2) is 0 Å². The fraction of sp³-hybridized carbons (Fsp3) is 0.188. The van der Waals surface area contributed by atoms with Crippen LogP contribution in [0.3, 0.4) is 0 Å². The van der Waals surface area contributed by atoms with Crippen LogP contribution < -0.4 is 9.47 Å². The number of carbonyl (C=O) groups is 1. The summed E-state index contributed by atoms with van der Waals surface area (Å²) in [6.07, 6.45) is 0.964. The van der Waals surface area contributed by atoms with Crippen LogP contribution in [0.15, 0.2) is 48.5 Å². The Kier molecular flexibility index (Phi) is 5.02. The van der Waals surface area contributed by atoms with E-state index in [9.17, 15) is 4.79 Å². The zero-order valence-electron chi connectivity index (χ0n) is 11.1. The van der Waals surface area contributed by atoms with Gasteiger partial charge in [0.2, 0.25) is 0 Å². The number of halogens is 1. The lowest BCUT2D eigenvalue weighted by atomic mass is 10.1. The van der Waals surface area contributed by atoms with Gasteiger partial charge in [-0.05, 0) is 48.4 Å². The maximum absolute atomic E-state index is 11.7. The first-order chi connectivity index (χ1) is 9.67. The molecule has 0 aromatic heterocycles. The molecule has 0 aliphatic carbocycles. The number of benzene rings is 2. The lowest BCUT2D eigenvalue weighted by Gasteiger charge is -2.05.